The first-order valence-electron chi connectivity index (χ1n) is 5.47. The van der Waals surface area contributed by atoms with Gasteiger partial charge in [0.05, 0.1) is 6.20 Å². The minimum atomic E-state index is 0.606. The fraction of sp³-hybridized carbons (Fsp3) is 0.727. The molecule has 0 saturated heterocycles. The lowest BCUT2D eigenvalue weighted by atomic mass is 10.0. The molecule has 3 heteroatoms. The first-order chi connectivity index (χ1) is 6.76. The molecule has 1 aromatic heterocycles. The van der Waals surface area contributed by atoms with E-state index in [-0.39, 0.29) is 0 Å². The number of rotatable bonds is 6. The van der Waals surface area contributed by atoms with Crippen molar-refractivity contribution in [3.8, 4) is 0 Å². The van der Waals surface area contributed by atoms with Crippen LogP contribution in [0.4, 0.5) is 0 Å². The number of aromatic nitrogens is 2. The standard InChI is InChI=1S/C11H21N3/c1-4-6-11(12-5-2)7-10-8-13-14(3)9-10/h8-9,11-12H,4-7H2,1-3H3. The van der Waals surface area contributed by atoms with E-state index < -0.39 is 0 Å². The molecular formula is C11H21N3. The van der Waals surface area contributed by atoms with Crippen LogP contribution in [0.25, 0.3) is 0 Å². The summed E-state index contributed by atoms with van der Waals surface area (Å²) in [5.74, 6) is 0. The van der Waals surface area contributed by atoms with Gasteiger partial charge in [0.25, 0.3) is 0 Å². The number of aryl methyl sites for hydroxylation is 1. The van der Waals surface area contributed by atoms with Gasteiger partial charge in [-0.15, -0.1) is 0 Å². The molecule has 1 atom stereocenters. The fourth-order valence-corrected chi connectivity index (χ4v) is 1.78. The van der Waals surface area contributed by atoms with Crippen LogP contribution in [0.2, 0.25) is 0 Å². The molecule has 0 bridgehead atoms. The first-order valence-corrected chi connectivity index (χ1v) is 5.47. The molecule has 0 aromatic carbocycles. The molecule has 0 saturated carbocycles. The molecule has 0 fully saturated rings. The van der Waals surface area contributed by atoms with E-state index in [4.69, 9.17) is 0 Å². The summed E-state index contributed by atoms with van der Waals surface area (Å²) in [4.78, 5) is 0. The lowest BCUT2D eigenvalue weighted by Gasteiger charge is -2.15. The monoisotopic (exact) mass is 195 g/mol. The average molecular weight is 195 g/mol. The topological polar surface area (TPSA) is 29.9 Å². The summed E-state index contributed by atoms with van der Waals surface area (Å²) in [5.41, 5.74) is 1.33. The molecule has 14 heavy (non-hydrogen) atoms. The van der Waals surface area contributed by atoms with Gasteiger partial charge in [-0.2, -0.15) is 5.10 Å². The van der Waals surface area contributed by atoms with Crippen LogP contribution < -0.4 is 5.32 Å². The Balaban J connectivity index is 2.46. The molecule has 1 N–H and O–H groups in total. The maximum Gasteiger partial charge on any atom is 0.0522 e. The second kappa shape index (κ2) is 5.81. The van der Waals surface area contributed by atoms with Gasteiger partial charge in [-0.1, -0.05) is 20.3 Å². The third-order valence-electron chi connectivity index (χ3n) is 2.37. The van der Waals surface area contributed by atoms with Crippen molar-refractivity contribution < 1.29 is 0 Å². The van der Waals surface area contributed by atoms with Gasteiger partial charge in [0.15, 0.2) is 0 Å². The predicted molar refractivity (Wildman–Crippen MR) is 59.3 cm³/mol. The van der Waals surface area contributed by atoms with Crippen molar-refractivity contribution in [1.29, 1.82) is 0 Å². The van der Waals surface area contributed by atoms with E-state index in [1.165, 1.54) is 18.4 Å². The molecule has 0 amide bonds. The quantitative estimate of drug-likeness (QED) is 0.749. The van der Waals surface area contributed by atoms with Crippen LogP contribution in [0.15, 0.2) is 12.4 Å². The van der Waals surface area contributed by atoms with Crippen molar-refractivity contribution in [2.75, 3.05) is 6.54 Å². The summed E-state index contributed by atoms with van der Waals surface area (Å²) < 4.78 is 1.87. The van der Waals surface area contributed by atoms with E-state index >= 15 is 0 Å². The highest BCUT2D eigenvalue weighted by atomic mass is 15.2. The van der Waals surface area contributed by atoms with Crippen LogP contribution in [0, 0.1) is 0 Å². The van der Waals surface area contributed by atoms with Crippen LogP contribution in [0.1, 0.15) is 32.3 Å². The Morgan fingerprint density at radius 1 is 1.50 bits per heavy atom. The van der Waals surface area contributed by atoms with E-state index in [1.54, 1.807) is 0 Å². The van der Waals surface area contributed by atoms with E-state index in [0.29, 0.717) is 6.04 Å². The van der Waals surface area contributed by atoms with Gasteiger partial charge in [-0.3, -0.25) is 4.68 Å². The summed E-state index contributed by atoms with van der Waals surface area (Å²) in [6.07, 6.45) is 7.62. The molecule has 3 nitrogen and oxygen atoms in total. The molecule has 1 rings (SSSR count). The fourth-order valence-electron chi connectivity index (χ4n) is 1.78. The summed E-state index contributed by atoms with van der Waals surface area (Å²) in [6.45, 7) is 5.43. The van der Waals surface area contributed by atoms with Crippen molar-refractivity contribution in [3.05, 3.63) is 18.0 Å². The summed E-state index contributed by atoms with van der Waals surface area (Å²) in [7, 11) is 1.96. The number of hydrogen-bond acceptors (Lipinski definition) is 2. The minimum absolute atomic E-state index is 0.606. The Morgan fingerprint density at radius 2 is 2.29 bits per heavy atom. The molecule has 0 aliphatic carbocycles. The zero-order valence-corrected chi connectivity index (χ0v) is 9.45. The highest BCUT2D eigenvalue weighted by molar-refractivity contribution is 5.05. The van der Waals surface area contributed by atoms with Gasteiger partial charge in [-0.05, 0) is 24.9 Å². The van der Waals surface area contributed by atoms with Gasteiger partial charge in [-0.25, -0.2) is 0 Å². The molecule has 0 aliphatic heterocycles. The lowest BCUT2D eigenvalue weighted by molar-refractivity contribution is 0.486. The maximum absolute atomic E-state index is 4.18. The van der Waals surface area contributed by atoms with Gasteiger partial charge in [0.1, 0.15) is 0 Å². The number of nitrogens with one attached hydrogen (secondary N) is 1. The molecular weight excluding hydrogens is 174 g/mol. The largest absolute Gasteiger partial charge is 0.314 e. The normalized spacial score (nSPS) is 13.1. The Hall–Kier alpha value is -0.830. The SMILES string of the molecule is CCCC(Cc1cnn(C)c1)NCC. The van der Waals surface area contributed by atoms with Crippen LogP contribution in [0.3, 0.4) is 0 Å². The Labute approximate surface area is 86.5 Å². The molecule has 1 heterocycles. The van der Waals surface area contributed by atoms with E-state index in [0.717, 1.165) is 13.0 Å². The molecule has 0 spiro atoms. The first kappa shape index (κ1) is 11.2. The van der Waals surface area contributed by atoms with Crippen molar-refractivity contribution >= 4 is 0 Å². The highest BCUT2D eigenvalue weighted by Gasteiger charge is 2.07. The van der Waals surface area contributed by atoms with E-state index in [2.05, 4.69) is 30.5 Å². The molecule has 0 radical (unpaired) electrons. The molecule has 1 unspecified atom stereocenters. The Morgan fingerprint density at radius 3 is 2.79 bits per heavy atom. The molecule has 1 aromatic rings. The number of nitrogens with zero attached hydrogens (tertiary/aromatic N) is 2. The second-order valence-electron chi connectivity index (χ2n) is 3.77. The van der Waals surface area contributed by atoms with Crippen molar-refractivity contribution in [1.82, 2.24) is 15.1 Å². The summed E-state index contributed by atoms with van der Waals surface area (Å²) in [5, 5.41) is 7.68. The number of hydrogen-bond donors (Lipinski definition) is 1. The van der Waals surface area contributed by atoms with Crippen LogP contribution in [-0.4, -0.2) is 22.4 Å². The summed E-state index contributed by atoms with van der Waals surface area (Å²) >= 11 is 0. The zero-order valence-electron chi connectivity index (χ0n) is 9.45. The molecule has 80 valence electrons. The van der Waals surface area contributed by atoms with Gasteiger partial charge in [0, 0.05) is 19.3 Å². The van der Waals surface area contributed by atoms with Gasteiger partial charge < -0.3 is 5.32 Å². The van der Waals surface area contributed by atoms with Crippen molar-refractivity contribution in [2.45, 2.75) is 39.2 Å². The molecule has 0 aliphatic rings. The van der Waals surface area contributed by atoms with Crippen molar-refractivity contribution in [2.24, 2.45) is 7.05 Å². The van der Waals surface area contributed by atoms with Crippen LogP contribution in [-0.2, 0) is 13.5 Å². The Kier molecular flexibility index (Phi) is 4.66. The van der Waals surface area contributed by atoms with Gasteiger partial charge >= 0.3 is 0 Å². The van der Waals surface area contributed by atoms with Gasteiger partial charge in [0.2, 0.25) is 0 Å². The highest BCUT2D eigenvalue weighted by Crippen LogP contribution is 2.06. The minimum Gasteiger partial charge on any atom is -0.314 e. The van der Waals surface area contributed by atoms with Crippen LogP contribution in [0.5, 0.6) is 0 Å². The lowest BCUT2D eigenvalue weighted by Crippen LogP contribution is -2.30. The van der Waals surface area contributed by atoms with E-state index in [1.807, 2.05) is 17.9 Å². The zero-order chi connectivity index (χ0) is 10.4. The predicted octanol–water partition coefficient (Wildman–Crippen LogP) is 1.74. The summed E-state index contributed by atoms with van der Waals surface area (Å²) in [6, 6.07) is 0.606. The maximum atomic E-state index is 4.18. The van der Waals surface area contributed by atoms with Crippen LogP contribution >= 0.6 is 0 Å². The third-order valence-corrected chi connectivity index (χ3v) is 2.37. The Bertz CT molecular complexity index is 249. The number of likely N-dealkylation sites (N-methyl/N-ethyl adjacent to an activating group) is 1. The van der Waals surface area contributed by atoms with E-state index in [9.17, 15) is 0 Å². The second-order valence-corrected chi connectivity index (χ2v) is 3.77. The average Bonchev–Trinajstić information content (AvgIpc) is 2.52. The van der Waals surface area contributed by atoms with Crippen molar-refractivity contribution in [3.63, 3.8) is 0 Å². The third kappa shape index (κ3) is 3.50. The smallest absolute Gasteiger partial charge is 0.0522 e.